The summed E-state index contributed by atoms with van der Waals surface area (Å²) in [7, 11) is 1.77. The molecule has 2 heterocycles. The molecule has 4 heteroatoms. The maximum atomic E-state index is 12.1. The van der Waals surface area contributed by atoms with Gasteiger partial charge in [0.2, 0.25) is 5.71 Å². The maximum absolute atomic E-state index is 12.1. The lowest BCUT2D eigenvalue weighted by Crippen LogP contribution is -2.00. The van der Waals surface area contributed by atoms with Crippen LogP contribution >= 0.6 is 0 Å². The van der Waals surface area contributed by atoms with Crippen molar-refractivity contribution < 1.29 is 4.42 Å². The Morgan fingerprint density at radius 2 is 1.94 bits per heavy atom. The van der Waals surface area contributed by atoms with Crippen molar-refractivity contribution in [2.24, 2.45) is 7.05 Å². The third-order valence-corrected chi connectivity index (χ3v) is 2.88. The van der Waals surface area contributed by atoms with E-state index < -0.39 is 0 Å². The molecule has 0 aliphatic carbocycles. The molecule has 0 amide bonds. The maximum Gasteiger partial charge on any atom is 0.228 e. The lowest BCUT2D eigenvalue weighted by molar-refractivity contribution is 0.528. The molecule has 0 atom stereocenters. The average molecular weight is 240 g/mol. The first-order valence-electron chi connectivity index (χ1n) is 5.69. The molecule has 0 bridgehead atoms. The number of rotatable bonds is 1. The SMILES string of the molecule is Cc1cc(=O)c2c(-c3ccccc3)nn(C)c2o1. The highest BCUT2D eigenvalue weighted by molar-refractivity contribution is 5.89. The molecule has 0 saturated carbocycles. The topological polar surface area (TPSA) is 48.0 Å². The van der Waals surface area contributed by atoms with Crippen LogP contribution in [-0.4, -0.2) is 9.78 Å². The van der Waals surface area contributed by atoms with E-state index in [4.69, 9.17) is 4.42 Å². The fourth-order valence-electron chi connectivity index (χ4n) is 2.08. The zero-order valence-electron chi connectivity index (χ0n) is 10.2. The Kier molecular flexibility index (Phi) is 2.30. The van der Waals surface area contributed by atoms with E-state index in [1.165, 1.54) is 6.07 Å². The molecule has 90 valence electrons. The van der Waals surface area contributed by atoms with Gasteiger partial charge < -0.3 is 4.42 Å². The van der Waals surface area contributed by atoms with Crippen molar-refractivity contribution in [1.29, 1.82) is 0 Å². The first kappa shape index (κ1) is 10.8. The normalized spacial score (nSPS) is 11.0. The van der Waals surface area contributed by atoms with E-state index in [0.29, 0.717) is 22.6 Å². The van der Waals surface area contributed by atoms with Gasteiger partial charge in [0.25, 0.3) is 0 Å². The van der Waals surface area contributed by atoms with Gasteiger partial charge in [0.1, 0.15) is 16.8 Å². The first-order valence-corrected chi connectivity index (χ1v) is 5.69. The van der Waals surface area contributed by atoms with Crippen molar-refractivity contribution in [1.82, 2.24) is 9.78 Å². The highest BCUT2D eigenvalue weighted by Crippen LogP contribution is 2.25. The number of benzene rings is 1. The van der Waals surface area contributed by atoms with Crippen LogP contribution in [0.5, 0.6) is 0 Å². The summed E-state index contributed by atoms with van der Waals surface area (Å²) < 4.78 is 7.18. The molecule has 0 spiro atoms. The highest BCUT2D eigenvalue weighted by Gasteiger charge is 2.15. The molecule has 0 N–H and O–H groups in total. The summed E-state index contributed by atoms with van der Waals surface area (Å²) in [5, 5.41) is 4.92. The summed E-state index contributed by atoms with van der Waals surface area (Å²) in [6, 6.07) is 11.1. The quantitative estimate of drug-likeness (QED) is 0.656. The average Bonchev–Trinajstić information content (AvgIpc) is 2.68. The van der Waals surface area contributed by atoms with E-state index in [1.807, 2.05) is 30.3 Å². The largest absolute Gasteiger partial charge is 0.443 e. The lowest BCUT2D eigenvalue weighted by Gasteiger charge is -1.96. The van der Waals surface area contributed by atoms with Crippen molar-refractivity contribution in [3.63, 3.8) is 0 Å². The molecular weight excluding hydrogens is 228 g/mol. The molecule has 0 fully saturated rings. The van der Waals surface area contributed by atoms with E-state index in [2.05, 4.69) is 5.10 Å². The molecule has 0 saturated heterocycles. The summed E-state index contributed by atoms with van der Waals surface area (Å²) in [6.07, 6.45) is 0. The Morgan fingerprint density at radius 1 is 1.22 bits per heavy atom. The summed E-state index contributed by atoms with van der Waals surface area (Å²) in [5.41, 5.74) is 2.04. The predicted octanol–water partition coefficient (Wildman–Crippen LogP) is 2.50. The minimum atomic E-state index is -0.0549. The Labute approximate surface area is 103 Å². The van der Waals surface area contributed by atoms with Gasteiger partial charge in [-0.05, 0) is 6.92 Å². The second-order valence-corrected chi connectivity index (χ2v) is 4.24. The molecule has 0 aliphatic rings. The van der Waals surface area contributed by atoms with Crippen molar-refractivity contribution in [2.45, 2.75) is 6.92 Å². The third-order valence-electron chi connectivity index (χ3n) is 2.88. The number of nitrogens with zero attached hydrogens (tertiary/aromatic N) is 2. The van der Waals surface area contributed by atoms with Crippen LogP contribution in [0.25, 0.3) is 22.4 Å². The van der Waals surface area contributed by atoms with Gasteiger partial charge in [-0.2, -0.15) is 5.10 Å². The molecule has 3 aromatic rings. The summed E-state index contributed by atoms with van der Waals surface area (Å²) >= 11 is 0. The van der Waals surface area contributed by atoms with E-state index in [-0.39, 0.29) is 5.43 Å². The summed E-state index contributed by atoms with van der Waals surface area (Å²) in [5.74, 6) is 0.593. The lowest BCUT2D eigenvalue weighted by atomic mass is 10.1. The smallest absolute Gasteiger partial charge is 0.228 e. The highest BCUT2D eigenvalue weighted by atomic mass is 16.3. The van der Waals surface area contributed by atoms with Gasteiger partial charge in [-0.3, -0.25) is 4.79 Å². The first-order chi connectivity index (χ1) is 8.66. The van der Waals surface area contributed by atoms with Crippen LogP contribution in [0.3, 0.4) is 0 Å². The molecule has 18 heavy (non-hydrogen) atoms. The van der Waals surface area contributed by atoms with Crippen LogP contribution in [-0.2, 0) is 7.05 Å². The second kappa shape index (κ2) is 3.84. The summed E-state index contributed by atoms with van der Waals surface area (Å²) in [6.45, 7) is 1.76. The molecule has 0 radical (unpaired) electrons. The van der Waals surface area contributed by atoms with E-state index in [1.54, 1.807) is 18.7 Å². The van der Waals surface area contributed by atoms with Crippen molar-refractivity contribution in [3.8, 4) is 11.3 Å². The molecular formula is C14H12N2O2. The van der Waals surface area contributed by atoms with Crippen LogP contribution in [0.15, 0.2) is 45.6 Å². The van der Waals surface area contributed by atoms with Crippen LogP contribution in [0.2, 0.25) is 0 Å². The van der Waals surface area contributed by atoms with Crippen molar-refractivity contribution in [2.75, 3.05) is 0 Å². The molecule has 3 rings (SSSR count). The van der Waals surface area contributed by atoms with Crippen molar-refractivity contribution >= 4 is 11.1 Å². The van der Waals surface area contributed by atoms with Gasteiger partial charge in [-0.25, -0.2) is 4.68 Å². The van der Waals surface area contributed by atoms with Crippen LogP contribution < -0.4 is 5.43 Å². The Morgan fingerprint density at radius 3 is 2.67 bits per heavy atom. The van der Waals surface area contributed by atoms with E-state index in [9.17, 15) is 4.79 Å². The predicted molar refractivity (Wildman–Crippen MR) is 69.4 cm³/mol. The minimum absolute atomic E-state index is 0.0549. The molecule has 0 unspecified atom stereocenters. The number of hydrogen-bond acceptors (Lipinski definition) is 3. The minimum Gasteiger partial charge on any atom is -0.443 e. The molecule has 0 aliphatic heterocycles. The standard InChI is InChI=1S/C14H12N2O2/c1-9-8-11(17)12-13(10-6-4-3-5-7-10)15-16(2)14(12)18-9/h3-8H,1-2H3. The van der Waals surface area contributed by atoms with Gasteiger partial charge in [0.15, 0.2) is 5.43 Å². The monoisotopic (exact) mass is 240 g/mol. The van der Waals surface area contributed by atoms with Gasteiger partial charge in [0, 0.05) is 18.7 Å². The number of hydrogen-bond donors (Lipinski definition) is 0. The Bertz CT molecular complexity index is 770. The van der Waals surface area contributed by atoms with Crippen LogP contribution in [0.4, 0.5) is 0 Å². The zero-order chi connectivity index (χ0) is 12.7. The van der Waals surface area contributed by atoms with Crippen LogP contribution in [0, 0.1) is 6.92 Å². The van der Waals surface area contributed by atoms with Gasteiger partial charge in [0.05, 0.1) is 0 Å². The van der Waals surface area contributed by atoms with E-state index in [0.717, 1.165) is 5.56 Å². The zero-order valence-corrected chi connectivity index (χ0v) is 10.2. The molecule has 2 aromatic heterocycles. The fourth-order valence-corrected chi connectivity index (χ4v) is 2.08. The van der Waals surface area contributed by atoms with Crippen LogP contribution in [0.1, 0.15) is 5.76 Å². The Hall–Kier alpha value is -2.36. The fraction of sp³-hybridized carbons (Fsp3) is 0.143. The van der Waals surface area contributed by atoms with Crippen molar-refractivity contribution in [3.05, 3.63) is 52.4 Å². The Balaban J connectivity index is 2.42. The second-order valence-electron chi connectivity index (χ2n) is 4.24. The van der Waals surface area contributed by atoms with Gasteiger partial charge in [-0.1, -0.05) is 30.3 Å². The van der Waals surface area contributed by atoms with E-state index >= 15 is 0 Å². The number of fused-ring (bicyclic) bond motifs is 1. The van der Waals surface area contributed by atoms with Gasteiger partial charge >= 0.3 is 0 Å². The summed E-state index contributed by atoms with van der Waals surface area (Å²) in [4.78, 5) is 12.1. The van der Waals surface area contributed by atoms with Gasteiger partial charge in [-0.15, -0.1) is 0 Å². The molecule has 1 aromatic carbocycles. The third kappa shape index (κ3) is 1.54. The number of aryl methyl sites for hydroxylation is 2. The number of aromatic nitrogens is 2. The molecule has 4 nitrogen and oxygen atoms in total.